The molecule has 100 valence electrons. The maximum Gasteiger partial charge on any atom is 0.133 e. The Morgan fingerprint density at radius 2 is 1.59 bits per heavy atom. The quantitative estimate of drug-likeness (QED) is 0.512. The van der Waals surface area contributed by atoms with Crippen LogP contribution in [0.3, 0.4) is 0 Å². The van der Waals surface area contributed by atoms with Gasteiger partial charge in [0.1, 0.15) is 11.6 Å². The minimum atomic E-state index is 0.0617. The molecule has 0 saturated carbocycles. The summed E-state index contributed by atoms with van der Waals surface area (Å²) in [6.45, 7) is 4.18. The summed E-state index contributed by atoms with van der Waals surface area (Å²) >= 11 is 0. The molecule has 0 amide bonds. The highest BCUT2D eigenvalue weighted by molar-refractivity contribution is 5.84. The highest BCUT2D eigenvalue weighted by Gasteiger charge is 2.03. The van der Waals surface area contributed by atoms with Gasteiger partial charge >= 0.3 is 0 Å². The van der Waals surface area contributed by atoms with Crippen LogP contribution in [0.2, 0.25) is 0 Å². The van der Waals surface area contributed by atoms with E-state index in [1.54, 1.807) is 0 Å². The Hall–Kier alpha value is -0.780. The van der Waals surface area contributed by atoms with E-state index in [1.807, 2.05) is 0 Å². The van der Waals surface area contributed by atoms with Crippen LogP contribution in [0.15, 0.2) is 0 Å². The van der Waals surface area contributed by atoms with Gasteiger partial charge in [-0.3, -0.25) is 4.79 Å². The molecule has 5 heteroatoms. The summed E-state index contributed by atoms with van der Waals surface area (Å²) in [7, 11) is 0. The first kappa shape index (κ1) is 16.2. The third kappa shape index (κ3) is 13.2. The van der Waals surface area contributed by atoms with Crippen molar-refractivity contribution < 1.29 is 19.1 Å². The molecule has 0 spiro atoms. The third-order valence-corrected chi connectivity index (χ3v) is 2.13. The van der Waals surface area contributed by atoms with Crippen LogP contribution < -0.4 is 5.73 Å². The van der Waals surface area contributed by atoms with E-state index in [4.69, 9.17) is 15.2 Å². The van der Waals surface area contributed by atoms with Crippen LogP contribution in [0.5, 0.6) is 0 Å². The number of hydrogen-bond acceptors (Lipinski definition) is 5. The van der Waals surface area contributed by atoms with Crippen molar-refractivity contribution in [2.75, 3.05) is 33.0 Å². The largest absolute Gasteiger partial charge is 0.379 e. The van der Waals surface area contributed by atoms with Gasteiger partial charge in [0.15, 0.2) is 0 Å². The molecule has 0 aliphatic heterocycles. The lowest BCUT2D eigenvalue weighted by Crippen LogP contribution is -2.12. The first-order valence-corrected chi connectivity index (χ1v) is 6.03. The zero-order chi connectivity index (χ0) is 12.9. The number of rotatable bonds is 12. The first-order valence-electron chi connectivity index (χ1n) is 6.03. The molecular formula is C12H23NO4. The molecule has 0 rings (SSSR count). The number of carbonyl (C=O) groups is 2. The Bertz CT molecular complexity index is 219. The fraction of sp³-hybridized carbons (Fsp3) is 0.833. The smallest absolute Gasteiger partial charge is 0.133 e. The van der Waals surface area contributed by atoms with Crippen LogP contribution in [0.4, 0.5) is 0 Å². The molecule has 0 fully saturated rings. The van der Waals surface area contributed by atoms with Gasteiger partial charge in [-0.05, 0) is 13.3 Å². The molecule has 0 atom stereocenters. The van der Waals surface area contributed by atoms with E-state index < -0.39 is 0 Å². The van der Waals surface area contributed by atoms with Crippen molar-refractivity contribution in [3.05, 3.63) is 0 Å². The number of nitrogens with two attached hydrogens (primary N) is 1. The zero-order valence-electron chi connectivity index (χ0n) is 10.6. The maximum absolute atomic E-state index is 11.3. The lowest BCUT2D eigenvalue weighted by Gasteiger charge is -2.04. The molecule has 0 aromatic heterocycles. The van der Waals surface area contributed by atoms with Crippen LogP contribution in [-0.4, -0.2) is 44.5 Å². The van der Waals surface area contributed by atoms with Gasteiger partial charge in [-0.1, -0.05) is 0 Å². The lowest BCUT2D eigenvalue weighted by atomic mass is 10.1. The Morgan fingerprint density at radius 1 is 0.941 bits per heavy atom. The van der Waals surface area contributed by atoms with E-state index in [1.165, 1.54) is 6.92 Å². The Balaban J connectivity index is 3.16. The van der Waals surface area contributed by atoms with Gasteiger partial charge < -0.3 is 20.0 Å². The number of ether oxygens (including phenoxy) is 2. The molecule has 0 aromatic carbocycles. The van der Waals surface area contributed by atoms with Crippen molar-refractivity contribution >= 4 is 11.6 Å². The lowest BCUT2D eigenvalue weighted by molar-refractivity contribution is -0.123. The highest BCUT2D eigenvalue weighted by atomic mass is 16.5. The standard InChI is InChI=1S/C12H23NO4/c1-11(14)4-5-12(15)3-2-7-16-9-10-17-8-6-13/h2-10,13H2,1H3. The molecule has 0 bridgehead atoms. The van der Waals surface area contributed by atoms with Gasteiger partial charge in [0.05, 0.1) is 19.8 Å². The van der Waals surface area contributed by atoms with Crippen LogP contribution in [0.25, 0.3) is 0 Å². The molecule has 2 N–H and O–H groups in total. The molecule has 0 heterocycles. The molecule has 0 aliphatic rings. The summed E-state index contributed by atoms with van der Waals surface area (Å²) in [5.41, 5.74) is 5.25. The normalized spacial score (nSPS) is 10.5. The first-order chi connectivity index (χ1) is 8.16. The van der Waals surface area contributed by atoms with Crippen LogP contribution in [-0.2, 0) is 19.1 Å². The number of ketones is 2. The SMILES string of the molecule is CC(=O)CCC(=O)CCCOCCOCCN. The van der Waals surface area contributed by atoms with Crippen molar-refractivity contribution in [1.29, 1.82) is 0 Å². The van der Waals surface area contributed by atoms with Crippen molar-refractivity contribution in [3.8, 4) is 0 Å². The van der Waals surface area contributed by atoms with Gasteiger partial charge in [0.2, 0.25) is 0 Å². The highest BCUT2D eigenvalue weighted by Crippen LogP contribution is 1.99. The summed E-state index contributed by atoms with van der Waals surface area (Å²) in [6.07, 6.45) is 1.89. The van der Waals surface area contributed by atoms with Gasteiger partial charge in [-0.15, -0.1) is 0 Å². The Kier molecular flexibility index (Phi) is 11.2. The van der Waals surface area contributed by atoms with Crippen LogP contribution >= 0.6 is 0 Å². The maximum atomic E-state index is 11.3. The topological polar surface area (TPSA) is 78.6 Å². The fourth-order valence-corrected chi connectivity index (χ4v) is 1.22. The minimum absolute atomic E-state index is 0.0617. The average Bonchev–Trinajstić information content (AvgIpc) is 2.30. The second kappa shape index (κ2) is 11.7. The number of carbonyl (C=O) groups excluding carboxylic acids is 2. The molecule has 0 aromatic rings. The zero-order valence-corrected chi connectivity index (χ0v) is 10.6. The predicted octanol–water partition coefficient (Wildman–Crippen LogP) is 0.697. The molecule has 17 heavy (non-hydrogen) atoms. The van der Waals surface area contributed by atoms with Gasteiger partial charge in [-0.2, -0.15) is 0 Å². The van der Waals surface area contributed by atoms with E-state index >= 15 is 0 Å². The molecule has 0 unspecified atom stereocenters. The van der Waals surface area contributed by atoms with E-state index in [-0.39, 0.29) is 11.6 Å². The fourth-order valence-electron chi connectivity index (χ4n) is 1.22. The average molecular weight is 245 g/mol. The summed E-state index contributed by atoms with van der Waals surface area (Å²) in [6, 6.07) is 0. The predicted molar refractivity (Wildman–Crippen MR) is 64.8 cm³/mol. The summed E-state index contributed by atoms with van der Waals surface area (Å²) in [5.74, 6) is 0.190. The van der Waals surface area contributed by atoms with Gasteiger partial charge in [0.25, 0.3) is 0 Å². The second-order valence-corrected chi connectivity index (χ2v) is 3.86. The van der Waals surface area contributed by atoms with Gasteiger partial charge in [0, 0.05) is 32.4 Å². The van der Waals surface area contributed by atoms with Gasteiger partial charge in [-0.25, -0.2) is 0 Å². The van der Waals surface area contributed by atoms with E-state index in [0.29, 0.717) is 58.7 Å². The third-order valence-electron chi connectivity index (χ3n) is 2.13. The summed E-state index contributed by atoms with van der Waals surface area (Å²) < 4.78 is 10.4. The number of Topliss-reactive ketones (excluding diaryl/α,β-unsaturated/α-hetero) is 2. The summed E-state index contributed by atoms with van der Waals surface area (Å²) in [4.78, 5) is 21.9. The van der Waals surface area contributed by atoms with Crippen LogP contribution in [0, 0.1) is 0 Å². The Labute approximate surface area is 103 Å². The molecular weight excluding hydrogens is 222 g/mol. The second-order valence-electron chi connectivity index (χ2n) is 3.86. The number of hydrogen-bond donors (Lipinski definition) is 1. The monoisotopic (exact) mass is 245 g/mol. The summed E-state index contributed by atoms with van der Waals surface area (Å²) in [5, 5.41) is 0. The van der Waals surface area contributed by atoms with Crippen molar-refractivity contribution in [3.63, 3.8) is 0 Å². The molecule has 5 nitrogen and oxygen atoms in total. The van der Waals surface area contributed by atoms with Crippen molar-refractivity contribution in [2.24, 2.45) is 5.73 Å². The van der Waals surface area contributed by atoms with Crippen molar-refractivity contribution in [1.82, 2.24) is 0 Å². The van der Waals surface area contributed by atoms with E-state index in [0.717, 1.165) is 0 Å². The molecule has 0 saturated heterocycles. The Morgan fingerprint density at radius 3 is 2.18 bits per heavy atom. The van der Waals surface area contributed by atoms with E-state index in [9.17, 15) is 9.59 Å². The molecule has 0 radical (unpaired) electrons. The molecule has 0 aliphatic carbocycles. The van der Waals surface area contributed by atoms with E-state index in [2.05, 4.69) is 0 Å². The minimum Gasteiger partial charge on any atom is -0.379 e. The van der Waals surface area contributed by atoms with Crippen molar-refractivity contribution in [2.45, 2.75) is 32.6 Å². The van der Waals surface area contributed by atoms with Crippen LogP contribution in [0.1, 0.15) is 32.6 Å².